The van der Waals surface area contributed by atoms with Crippen molar-refractivity contribution in [2.45, 2.75) is 33.4 Å². The smallest absolute Gasteiger partial charge is 0.0415 e. The van der Waals surface area contributed by atoms with E-state index in [-0.39, 0.29) is 0 Å². The van der Waals surface area contributed by atoms with Gasteiger partial charge in [-0.05, 0) is 38.0 Å². The number of aryl methyl sites for hydroxylation is 1. The highest BCUT2D eigenvalue weighted by atomic mass is 15.3. The summed E-state index contributed by atoms with van der Waals surface area (Å²) in [6, 6.07) is 7.24. The summed E-state index contributed by atoms with van der Waals surface area (Å²) in [5, 5.41) is 0. The lowest BCUT2D eigenvalue weighted by Crippen LogP contribution is -2.49. The average molecular weight is 247 g/mol. The van der Waals surface area contributed by atoms with Gasteiger partial charge >= 0.3 is 0 Å². The normalized spacial score (nSPS) is 17.5. The highest BCUT2D eigenvalue weighted by Crippen LogP contribution is 2.23. The fraction of sp³-hybridized carbons (Fsp3) is 0.600. The Labute approximate surface area is 111 Å². The monoisotopic (exact) mass is 247 g/mol. The van der Waals surface area contributed by atoms with Crippen LogP contribution >= 0.6 is 0 Å². The Hall–Kier alpha value is -1.06. The summed E-state index contributed by atoms with van der Waals surface area (Å²) in [4.78, 5) is 5.02. The second-order valence-electron chi connectivity index (χ2n) is 5.45. The molecule has 1 saturated heterocycles. The lowest BCUT2D eigenvalue weighted by atomic mass is 10.1. The molecule has 0 bridgehead atoms. The Kier molecular flexibility index (Phi) is 4.25. The van der Waals surface area contributed by atoms with E-state index in [0.29, 0.717) is 12.6 Å². The van der Waals surface area contributed by atoms with E-state index >= 15 is 0 Å². The summed E-state index contributed by atoms with van der Waals surface area (Å²) in [5.74, 6) is 0. The molecule has 0 saturated carbocycles. The Morgan fingerprint density at radius 2 is 1.83 bits per heavy atom. The number of benzene rings is 1. The van der Waals surface area contributed by atoms with E-state index in [1.807, 2.05) is 0 Å². The van der Waals surface area contributed by atoms with Gasteiger partial charge in [-0.2, -0.15) is 0 Å². The molecule has 1 aliphatic heterocycles. The van der Waals surface area contributed by atoms with E-state index in [4.69, 9.17) is 5.73 Å². The van der Waals surface area contributed by atoms with Crippen molar-refractivity contribution in [2.24, 2.45) is 5.73 Å². The lowest BCUT2D eigenvalue weighted by molar-refractivity contribution is 0.209. The number of nitrogens with two attached hydrogens (primary N) is 1. The van der Waals surface area contributed by atoms with Crippen LogP contribution in [0.25, 0.3) is 0 Å². The first kappa shape index (κ1) is 13.4. The zero-order chi connectivity index (χ0) is 13.1. The van der Waals surface area contributed by atoms with E-state index in [1.54, 1.807) is 0 Å². The third-order valence-electron chi connectivity index (χ3n) is 3.85. The van der Waals surface area contributed by atoms with Gasteiger partial charge in [-0.1, -0.05) is 12.1 Å². The van der Waals surface area contributed by atoms with E-state index < -0.39 is 0 Å². The average Bonchev–Trinajstić information content (AvgIpc) is 2.39. The second-order valence-corrected chi connectivity index (χ2v) is 5.45. The summed E-state index contributed by atoms with van der Waals surface area (Å²) < 4.78 is 0. The molecule has 100 valence electrons. The molecule has 3 nitrogen and oxygen atoms in total. The largest absolute Gasteiger partial charge is 0.369 e. The highest BCUT2D eigenvalue weighted by molar-refractivity contribution is 5.55. The van der Waals surface area contributed by atoms with E-state index in [9.17, 15) is 0 Å². The molecule has 1 aromatic carbocycles. The van der Waals surface area contributed by atoms with E-state index in [2.05, 4.69) is 48.8 Å². The SMILES string of the molecule is Cc1ccc(CN)c(N2CCN(C(C)C)CC2)c1. The van der Waals surface area contributed by atoms with Crippen molar-refractivity contribution in [2.75, 3.05) is 31.1 Å². The van der Waals surface area contributed by atoms with E-state index in [1.165, 1.54) is 16.8 Å². The first-order valence-electron chi connectivity index (χ1n) is 6.90. The second kappa shape index (κ2) is 5.72. The summed E-state index contributed by atoms with van der Waals surface area (Å²) >= 11 is 0. The fourth-order valence-electron chi connectivity index (χ4n) is 2.62. The predicted molar refractivity (Wildman–Crippen MR) is 78.0 cm³/mol. The number of hydrogen-bond acceptors (Lipinski definition) is 3. The van der Waals surface area contributed by atoms with Gasteiger partial charge in [0.2, 0.25) is 0 Å². The quantitative estimate of drug-likeness (QED) is 0.886. The standard InChI is InChI=1S/C15H25N3/c1-12(2)17-6-8-18(9-7-17)15-10-13(3)4-5-14(15)11-16/h4-5,10,12H,6-9,11,16H2,1-3H3. The molecule has 0 amide bonds. The molecule has 1 aliphatic rings. The van der Waals surface area contributed by atoms with Crippen molar-refractivity contribution < 1.29 is 0 Å². The van der Waals surface area contributed by atoms with Crippen LogP contribution in [-0.2, 0) is 6.54 Å². The van der Waals surface area contributed by atoms with Crippen LogP contribution in [0.4, 0.5) is 5.69 Å². The molecule has 18 heavy (non-hydrogen) atoms. The predicted octanol–water partition coefficient (Wildman–Crippen LogP) is 1.98. The van der Waals surface area contributed by atoms with Crippen LogP contribution in [0.15, 0.2) is 18.2 Å². The molecule has 0 aromatic heterocycles. The van der Waals surface area contributed by atoms with Gasteiger partial charge in [0.1, 0.15) is 0 Å². The zero-order valence-corrected chi connectivity index (χ0v) is 11.8. The van der Waals surface area contributed by atoms with Gasteiger partial charge in [-0.3, -0.25) is 4.90 Å². The maximum atomic E-state index is 5.85. The van der Waals surface area contributed by atoms with Gasteiger partial charge in [-0.15, -0.1) is 0 Å². The third kappa shape index (κ3) is 2.85. The lowest BCUT2D eigenvalue weighted by Gasteiger charge is -2.39. The maximum Gasteiger partial charge on any atom is 0.0415 e. The number of hydrogen-bond donors (Lipinski definition) is 1. The number of rotatable bonds is 3. The van der Waals surface area contributed by atoms with Gasteiger partial charge in [-0.25, -0.2) is 0 Å². The molecule has 1 heterocycles. The van der Waals surface area contributed by atoms with Crippen molar-refractivity contribution in [3.05, 3.63) is 29.3 Å². The number of nitrogens with zero attached hydrogens (tertiary/aromatic N) is 2. The van der Waals surface area contributed by atoms with E-state index in [0.717, 1.165) is 26.2 Å². The molecular weight excluding hydrogens is 222 g/mol. The third-order valence-corrected chi connectivity index (χ3v) is 3.85. The van der Waals surface area contributed by atoms with Crippen LogP contribution in [0, 0.1) is 6.92 Å². The minimum atomic E-state index is 0.625. The first-order valence-corrected chi connectivity index (χ1v) is 6.90. The maximum absolute atomic E-state index is 5.85. The van der Waals surface area contributed by atoms with Gasteiger partial charge in [0, 0.05) is 44.5 Å². The van der Waals surface area contributed by atoms with Crippen molar-refractivity contribution in [1.82, 2.24) is 4.90 Å². The molecular formula is C15H25N3. The Morgan fingerprint density at radius 1 is 1.17 bits per heavy atom. The van der Waals surface area contributed by atoms with Gasteiger partial charge < -0.3 is 10.6 Å². The Morgan fingerprint density at radius 3 is 2.39 bits per heavy atom. The number of anilines is 1. The Bertz CT molecular complexity index is 393. The molecule has 2 N–H and O–H groups in total. The van der Waals surface area contributed by atoms with Crippen LogP contribution in [-0.4, -0.2) is 37.1 Å². The van der Waals surface area contributed by atoms with Crippen LogP contribution in [0.3, 0.4) is 0 Å². The minimum absolute atomic E-state index is 0.625. The summed E-state index contributed by atoms with van der Waals surface area (Å²) in [6.45, 7) is 11.8. The molecule has 0 unspecified atom stereocenters. The topological polar surface area (TPSA) is 32.5 Å². The van der Waals surface area contributed by atoms with Crippen LogP contribution < -0.4 is 10.6 Å². The minimum Gasteiger partial charge on any atom is -0.369 e. The molecule has 0 aliphatic carbocycles. The molecule has 0 atom stereocenters. The summed E-state index contributed by atoms with van der Waals surface area (Å²) in [7, 11) is 0. The summed E-state index contributed by atoms with van der Waals surface area (Å²) in [6.07, 6.45) is 0. The van der Waals surface area contributed by atoms with Crippen molar-refractivity contribution in [3.63, 3.8) is 0 Å². The zero-order valence-electron chi connectivity index (χ0n) is 11.8. The van der Waals surface area contributed by atoms with Crippen molar-refractivity contribution in [3.8, 4) is 0 Å². The highest BCUT2D eigenvalue weighted by Gasteiger charge is 2.20. The molecule has 3 heteroatoms. The first-order chi connectivity index (χ1) is 8.61. The Balaban J connectivity index is 2.11. The molecule has 1 fully saturated rings. The molecule has 0 radical (unpaired) electrons. The molecule has 2 rings (SSSR count). The van der Waals surface area contributed by atoms with Crippen LogP contribution in [0.1, 0.15) is 25.0 Å². The van der Waals surface area contributed by atoms with Crippen molar-refractivity contribution in [1.29, 1.82) is 0 Å². The van der Waals surface area contributed by atoms with Crippen LogP contribution in [0.5, 0.6) is 0 Å². The van der Waals surface area contributed by atoms with Crippen molar-refractivity contribution >= 4 is 5.69 Å². The van der Waals surface area contributed by atoms with Gasteiger partial charge in [0.05, 0.1) is 0 Å². The fourth-order valence-corrected chi connectivity index (χ4v) is 2.62. The van der Waals surface area contributed by atoms with Crippen LogP contribution in [0.2, 0.25) is 0 Å². The van der Waals surface area contributed by atoms with Gasteiger partial charge in [0.15, 0.2) is 0 Å². The van der Waals surface area contributed by atoms with Gasteiger partial charge in [0.25, 0.3) is 0 Å². The molecule has 1 aromatic rings. The summed E-state index contributed by atoms with van der Waals surface area (Å²) in [5.41, 5.74) is 9.76. The number of piperazine rings is 1. The molecule has 0 spiro atoms.